The minimum Gasteiger partial charge on any atom is -0.495 e. The Kier molecular flexibility index (Phi) is 5.93. The summed E-state index contributed by atoms with van der Waals surface area (Å²) in [5.74, 6) is -2.68. The van der Waals surface area contributed by atoms with Gasteiger partial charge in [-0.25, -0.2) is 13.2 Å². The molecule has 2 saturated heterocycles. The van der Waals surface area contributed by atoms with Crippen LogP contribution < -0.4 is 10.1 Å². The van der Waals surface area contributed by atoms with Crippen molar-refractivity contribution in [1.82, 2.24) is 4.90 Å². The summed E-state index contributed by atoms with van der Waals surface area (Å²) in [7, 11) is 1.50. The molecule has 0 radical (unpaired) electrons. The number of amides is 1. The lowest BCUT2D eigenvalue weighted by Crippen LogP contribution is -2.53. The van der Waals surface area contributed by atoms with Gasteiger partial charge >= 0.3 is 0 Å². The Hall–Kier alpha value is -2.78. The Bertz CT molecular complexity index is 1070. The lowest BCUT2D eigenvalue weighted by atomic mass is 9.81. The van der Waals surface area contributed by atoms with Crippen molar-refractivity contribution < 1.29 is 32.2 Å². The fraction of sp³-hybridized carbons (Fsp3) is 0.480. The third kappa shape index (κ3) is 4.22. The van der Waals surface area contributed by atoms with Crippen LogP contribution in [0.2, 0.25) is 0 Å². The molecule has 2 aliphatic heterocycles. The van der Waals surface area contributed by atoms with Crippen LogP contribution >= 0.6 is 0 Å². The van der Waals surface area contributed by atoms with E-state index in [0.717, 1.165) is 0 Å². The summed E-state index contributed by atoms with van der Waals surface area (Å²) in [5.41, 5.74) is 1.05. The van der Waals surface area contributed by atoms with Crippen molar-refractivity contribution in [3.05, 3.63) is 59.4 Å². The number of carbonyl (C=O) groups excluding carboxylic acids is 1. The number of alkyl halides is 2. The van der Waals surface area contributed by atoms with Crippen LogP contribution in [-0.4, -0.2) is 56.4 Å². The normalized spacial score (nSPS) is 26.0. The van der Waals surface area contributed by atoms with Crippen LogP contribution in [0.1, 0.15) is 35.2 Å². The van der Waals surface area contributed by atoms with Gasteiger partial charge in [0.05, 0.1) is 19.3 Å². The first-order valence-corrected chi connectivity index (χ1v) is 11.4. The molecule has 0 bridgehead atoms. The summed E-state index contributed by atoms with van der Waals surface area (Å²) >= 11 is 0. The third-order valence-corrected chi connectivity index (χ3v) is 7.05. The molecule has 9 heteroatoms. The molecule has 1 saturated carbocycles. The van der Waals surface area contributed by atoms with E-state index in [4.69, 9.17) is 14.2 Å². The van der Waals surface area contributed by atoms with Gasteiger partial charge in [-0.15, -0.1) is 0 Å². The highest BCUT2D eigenvalue weighted by Crippen LogP contribution is 2.44. The summed E-state index contributed by atoms with van der Waals surface area (Å²) in [6.07, 6.45) is -0.152. The number of nitrogens with zero attached hydrogens (tertiary/aromatic N) is 1. The molecular weight excluding hydrogens is 449 g/mol. The van der Waals surface area contributed by atoms with E-state index in [2.05, 4.69) is 5.32 Å². The van der Waals surface area contributed by atoms with Gasteiger partial charge in [0, 0.05) is 37.9 Å². The van der Waals surface area contributed by atoms with E-state index in [-0.39, 0.29) is 37.3 Å². The number of fused-ring (bicyclic) bond motifs is 1. The SMILES string of the molecule is COc1cc(C(=O)N2CC[C@]3(c4cccc(F)c4)OCOC3C2)ccc1NCC1CC(F)(F)C1. The highest BCUT2D eigenvalue weighted by molar-refractivity contribution is 5.95. The number of rotatable bonds is 6. The molecule has 1 amide bonds. The monoisotopic (exact) mass is 476 g/mol. The topological polar surface area (TPSA) is 60.0 Å². The smallest absolute Gasteiger partial charge is 0.254 e. The van der Waals surface area contributed by atoms with Gasteiger partial charge < -0.3 is 24.4 Å². The van der Waals surface area contributed by atoms with E-state index < -0.39 is 17.6 Å². The van der Waals surface area contributed by atoms with Crippen LogP contribution in [0.25, 0.3) is 0 Å². The first kappa shape index (κ1) is 23.0. The number of methoxy groups -OCH3 is 1. The minimum atomic E-state index is -2.55. The zero-order valence-electron chi connectivity index (χ0n) is 18.9. The summed E-state index contributed by atoms with van der Waals surface area (Å²) in [6, 6.07) is 11.4. The van der Waals surface area contributed by atoms with Gasteiger partial charge in [0.25, 0.3) is 5.91 Å². The van der Waals surface area contributed by atoms with Crippen molar-refractivity contribution in [2.45, 2.75) is 36.9 Å². The number of benzene rings is 2. The highest BCUT2D eigenvalue weighted by atomic mass is 19.3. The molecule has 1 aliphatic carbocycles. The van der Waals surface area contributed by atoms with Crippen LogP contribution in [-0.2, 0) is 15.1 Å². The molecular formula is C25H27F3N2O4. The molecule has 2 atom stereocenters. The molecule has 0 spiro atoms. The molecule has 0 aromatic heterocycles. The average molecular weight is 476 g/mol. The lowest BCUT2D eigenvalue weighted by molar-refractivity contribution is -0.106. The van der Waals surface area contributed by atoms with E-state index in [1.165, 1.54) is 19.2 Å². The molecule has 2 aromatic rings. The molecule has 34 heavy (non-hydrogen) atoms. The van der Waals surface area contributed by atoms with Crippen LogP contribution in [0.5, 0.6) is 5.75 Å². The van der Waals surface area contributed by atoms with Crippen LogP contribution in [0.4, 0.5) is 18.9 Å². The number of likely N-dealkylation sites (tertiary alicyclic amines) is 1. The van der Waals surface area contributed by atoms with Crippen molar-refractivity contribution in [2.75, 3.05) is 38.9 Å². The van der Waals surface area contributed by atoms with Gasteiger partial charge in [-0.3, -0.25) is 4.79 Å². The third-order valence-electron chi connectivity index (χ3n) is 7.05. The predicted molar refractivity (Wildman–Crippen MR) is 119 cm³/mol. The second-order valence-electron chi connectivity index (χ2n) is 9.24. The number of carbonyl (C=O) groups is 1. The maximum Gasteiger partial charge on any atom is 0.254 e. The molecule has 6 nitrogen and oxygen atoms in total. The van der Waals surface area contributed by atoms with E-state index in [9.17, 15) is 18.0 Å². The van der Waals surface area contributed by atoms with Crippen molar-refractivity contribution >= 4 is 11.6 Å². The molecule has 1 unspecified atom stereocenters. The summed E-state index contributed by atoms with van der Waals surface area (Å²) < 4.78 is 57.2. The average Bonchev–Trinajstić information content (AvgIpc) is 3.25. The quantitative estimate of drug-likeness (QED) is 0.670. The van der Waals surface area contributed by atoms with E-state index >= 15 is 0 Å². The van der Waals surface area contributed by atoms with Gasteiger partial charge in [-0.1, -0.05) is 12.1 Å². The maximum atomic E-state index is 13.9. The number of hydrogen-bond acceptors (Lipinski definition) is 5. The van der Waals surface area contributed by atoms with Crippen LogP contribution in [0.3, 0.4) is 0 Å². The largest absolute Gasteiger partial charge is 0.495 e. The van der Waals surface area contributed by atoms with E-state index in [0.29, 0.717) is 48.6 Å². The standard InChI is InChI=1S/C25H27F3N2O4/c1-32-21-9-17(5-6-20(21)29-13-16-11-24(27,28)12-16)23(31)30-8-7-25(22(14-30)33-15-34-25)18-3-2-4-19(26)10-18/h2-6,9-10,16,22,29H,7-8,11-15H2,1H3/t22?,25-/m1/s1. The van der Waals surface area contributed by atoms with Crippen molar-refractivity contribution in [3.63, 3.8) is 0 Å². The van der Waals surface area contributed by atoms with Crippen molar-refractivity contribution in [2.24, 2.45) is 5.92 Å². The fourth-order valence-electron chi connectivity index (χ4n) is 5.16. The molecule has 2 heterocycles. The number of nitrogens with one attached hydrogen (secondary N) is 1. The zero-order chi connectivity index (χ0) is 23.9. The first-order valence-electron chi connectivity index (χ1n) is 11.4. The second-order valence-corrected chi connectivity index (χ2v) is 9.24. The molecule has 2 aromatic carbocycles. The Morgan fingerprint density at radius 2 is 2.06 bits per heavy atom. The number of ether oxygens (including phenoxy) is 3. The van der Waals surface area contributed by atoms with E-state index in [1.54, 1.807) is 29.2 Å². The number of hydrogen-bond donors (Lipinski definition) is 1. The summed E-state index contributed by atoms with van der Waals surface area (Å²) in [6.45, 7) is 1.25. The first-order chi connectivity index (χ1) is 16.3. The lowest BCUT2D eigenvalue weighted by Gasteiger charge is -2.42. The zero-order valence-corrected chi connectivity index (χ0v) is 18.9. The van der Waals surface area contributed by atoms with Gasteiger partial charge in [-0.2, -0.15) is 0 Å². The minimum absolute atomic E-state index is 0.0821. The van der Waals surface area contributed by atoms with Crippen LogP contribution in [0, 0.1) is 11.7 Å². The van der Waals surface area contributed by atoms with Gasteiger partial charge in [0.2, 0.25) is 5.92 Å². The highest BCUT2D eigenvalue weighted by Gasteiger charge is 2.51. The number of anilines is 1. The Morgan fingerprint density at radius 3 is 2.79 bits per heavy atom. The molecule has 3 aliphatic rings. The Morgan fingerprint density at radius 1 is 1.24 bits per heavy atom. The van der Waals surface area contributed by atoms with Gasteiger partial charge in [0.15, 0.2) is 0 Å². The van der Waals surface area contributed by atoms with Crippen molar-refractivity contribution in [1.29, 1.82) is 0 Å². The van der Waals surface area contributed by atoms with Crippen molar-refractivity contribution in [3.8, 4) is 5.75 Å². The Labute approximate surface area is 196 Å². The summed E-state index contributed by atoms with van der Waals surface area (Å²) in [5, 5.41) is 3.16. The second kappa shape index (κ2) is 8.78. The molecule has 1 N–H and O–H groups in total. The predicted octanol–water partition coefficient (Wildman–Crippen LogP) is 4.41. The van der Waals surface area contributed by atoms with E-state index in [1.807, 2.05) is 6.07 Å². The number of halogens is 3. The maximum absolute atomic E-state index is 13.9. The van der Waals surface area contributed by atoms with Gasteiger partial charge in [0.1, 0.15) is 30.1 Å². The fourth-order valence-corrected chi connectivity index (χ4v) is 5.16. The number of piperidine rings is 1. The summed E-state index contributed by atoms with van der Waals surface area (Å²) in [4.78, 5) is 15.0. The Balaban J connectivity index is 1.27. The van der Waals surface area contributed by atoms with Gasteiger partial charge in [-0.05, 0) is 41.8 Å². The molecule has 5 rings (SSSR count). The molecule has 3 fully saturated rings. The van der Waals surface area contributed by atoms with Crippen LogP contribution in [0.15, 0.2) is 42.5 Å². The molecule has 182 valence electrons.